The molecule has 0 spiro atoms. The van der Waals surface area contributed by atoms with E-state index in [0.29, 0.717) is 12.5 Å². The van der Waals surface area contributed by atoms with Crippen molar-refractivity contribution in [2.75, 3.05) is 37.8 Å². The van der Waals surface area contributed by atoms with Gasteiger partial charge in [-0.15, -0.1) is 11.8 Å². The molecule has 4 nitrogen and oxygen atoms in total. The van der Waals surface area contributed by atoms with Crippen LogP contribution in [0.2, 0.25) is 0 Å². The van der Waals surface area contributed by atoms with Crippen molar-refractivity contribution >= 4 is 23.4 Å². The van der Waals surface area contributed by atoms with Crippen LogP contribution >= 0.6 is 11.8 Å². The quantitative estimate of drug-likeness (QED) is 0.816. The van der Waals surface area contributed by atoms with Gasteiger partial charge >= 0.3 is 0 Å². The first-order valence-electron chi connectivity index (χ1n) is 6.98. The Balaban J connectivity index is 1.85. The topological polar surface area (TPSA) is 52.6 Å². The van der Waals surface area contributed by atoms with Gasteiger partial charge in [-0.25, -0.2) is 0 Å². The number of hydrogen-bond donors (Lipinski definition) is 2. The molecule has 0 radical (unpaired) electrons. The van der Waals surface area contributed by atoms with Crippen molar-refractivity contribution in [3.05, 3.63) is 24.3 Å². The molecule has 1 unspecified atom stereocenters. The van der Waals surface area contributed by atoms with Gasteiger partial charge in [0.1, 0.15) is 0 Å². The molecule has 110 valence electrons. The fraction of sp³-hybridized carbons (Fsp3) is 0.533. The van der Waals surface area contributed by atoms with Crippen molar-refractivity contribution in [2.24, 2.45) is 5.92 Å². The molecule has 1 heterocycles. The Kier molecular flexibility index (Phi) is 5.88. The number of benzene rings is 1. The van der Waals surface area contributed by atoms with Crippen LogP contribution in [-0.4, -0.2) is 48.4 Å². The maximum absolute atomic E-state index is 12.1. The highest BCUT2D eigenvalue weighted by atomic mass is 32.2. The summed E-state index contributed by atoms with van der Waals surface area (Å²) in [6, 6.07) is 7.86. The summed E-state index contributed by atoms with van der Waals surface area (Å²) in [5.74, 6) is 0.332. The van der Waals surface area contributed by atoms with E-state index in [9.17, 15) is 9.90 Å². The van der Waals surface area contributed by atoms with E-state index in [4.69, 9.17) is 0 Å². The zero-order chi connectivity index (χ0) is 14.4. The normalized spacial score (nSPS) is 19.8. The zero-order valence-electron chi connectivity index (χ0n) is 11.8. The van der Waals surface area contributed by atoms with Gasteiger partial charge < -0.3 is 10.4 Å². The van der Waals surface area contributed by atoms with Gasteiger partial charge in [0.15, 0.2) is 0 Å². The van der Waals surface area contributed by atoms with Crippen LogP contribution in [0.25, 0.3) is 0 Å². The molecule has 0 aromatic heterocycles. The van der Waals surface area contributed by atoms with Crippen LogP contribution < -0.4 is 5.32 Å². The van der Waals surface area contributed by atoms with Crippen molar-refractivity contribution in [3.63, 3.8) is 0 Å². The predicted molar refractivity (Wildman–Crippen MR) is 83.1 cm³/mol. The number of rotatable bonds is 5. The van der Waals surface area contributed by atoms with E-state index in [-0.39, 0.29) is 12.5 Å². The molecule has 1 amide bonds. The molecular weight excluding hydrogens is 272 g/mol. The number of piperidine rings is 1. The fourth-order valence-electron chi connectivity index (χ4n) is 2.55. The lowest BCUT2D eigenvalue weighted by Gasteiger charge is -2.31. The highest BCUT2D eigenvalue weighted by Gasteiger charge is 2.20. The largest absolute Gasteiger partial charge is 0.396 e. The molecule has 1 fully saturated rings. The van der Waals surface area contributed by atoms with E-state index in [2.05, 4.69) is 10.2 Å². The van der Waals surface area contributed by atoms with Crippen LogP contribution in [0.15, 0.2) is 29.2 Å². The summed E-state index contributed by atoms with van der Waals surface area (Å²) in [7, 11) is 0. The molecule has 2 rings (SSSR count). The number of carbonyl (C=O) groups excluding carboxylic acids is 1. The zero-order valence-corrected chi connectivity index (χ0v) is 12.7. The van der Waals surface area contributed by atoms with Gasteiger partial charge in [0, 0.05) is 23.7 Å². The monoisotopic (exact) mass is 294 g/mol. The molecule has 1 atom stereocenters. The van der Waals surface area contributed by atoms with Crippen LogP contribution in [0.1, 0.15) is 12.8 Å². The Labute approximate surface area is 124 Å². The van der Waals surface area contributed by atoms with Crippen LogP contribution in [-0.2, 0) is 4.79 Å². The second-order valence-corrected chi connectivity index (χ2v) is 6.09. The van der Waals surface area contributed by atoms with Crippen LogP contribution in [0.5, 0.6) is 0 Å². The highest BCUT2D eigenvalue weighted by Crippen LogP contribution is 2.19. The van der Waals surface area contributed by atoms with Crippen LogP contribution in [0.4, 0.5) is 5.69 Å². The molecular formula is C15H22N2O2S. The van der Waals surface area contributed by atoms with Crippen LogP contribution in [0, 0.1) is 5.92 Å². The summed E-state index contributed by atoms with van der Waals surface area (Å²) in [5, 5.41) is 12.1. The van der Waals surface area contributed by atoms with Crippen LogP contribution in [0.3, 0.4) is 0 Å². The van der Waals surface area contributed by atoms with E-state index >= 15 is 0 Å². The molecule has 1 aromatic rings. The second-order valence-electron chi connectivity index (χ2n) is 5.21. The molecule has 2 N–H and O–H groups in total. The Morgan fingerprint density at radius 3 is 3.15 bits per heavy atom. The summed E-state index contributed by atoms with van der Waals surface area (Å²) in [6.07, 6.45) is 4.13. The van der Waals surface area contributed by atoms with Gasteiger partial charge in [-0.2, -0.15) is 0 Å². The Hall–Kier alpha value is -1.04. The maximum Gasteiger partial charge on any atom is 0.238 e. The number of nitrogens with one attached hydrogen (secondary N) is 1. The van der Waals surface area contributed by atoms with Gasteiger partial charge in [0.25, 0.3) is 0 Å². The number of aliphatic hydroxyl groups excluding tert-OH is 1. The van der Waals surface area contributed by atoms with Crippen molar-refractivity contribution in [1.29, 1.82) is 0 Å². The van der Waals surface area contributed by atoms with E-state index in [1.54, 1.807) is 11.8 Å². The minimum absolute atomic E-state index is 0.0156. The number of amides is 1. The molecule has 20 heavy (non-hydrogen) atoms. The van der Waals surface area contributed by atoms with E-state index < -0.39 is 0 Å². The lowest BCUT2D eigenvalue weighted by Crippen LogP contribution is -2.41. The first-order valence-corrected chi connectivity index (χ1v) is 8.21. The number of carbonyl (C=O) groups is 1. The maximum atomic E-state index is 12.1. The van der Waals surface area contributed by atoms with Crippen molar-refractivity contribution in [2.45, 2.75) is 17.7 Å². The lowest BCUT2D eigenvalue weighted by atomic mass is 9.99. The average Bonchev–Trinajstić information content (AvgIpc) is 2.47. The molecule has 0 saturated carbocycles. The summed E-state index contributed by atoms with van der Waals surface area (Å²) in [6.45, 7) is 2.37. The Morgan fingerprint density at radius 1 is 1.55 bits per heavy atom. The van der Waals surface area contributed by atoms with Crippen molar-refractivity contribution in [3.8, 4) is 0 Å². The SMILES string of the molecule is CSc1cccc(NC(=O)CN2CCCC(CO)C2)c1. The molecule has 1 aliphatic rings. The summed E-state index contributed by atoms with van der Waals surface area (Å²) in [4.78, 5) is 15.3. The number of likely N-dealkylation sites (tertiary alicyclic amines) is 1. The third-order valence-electron chi connectivity index (χ3n) is 3.58. The van der Waals surface area contributed by atoms with Gasteiger partial charge in [-0.1, -0.05) is 6.07 Å². The minimum atomic E-state index is 0.0156. The van der Waals surface area contributed by atoms with Gasteiger partial charge in [-0.3, -0.25) is 9.69 Å². The predicted octanol–water partition coefficient (Wildman–Crippen LogP) is 2.05. The Morgan fingerprint density at radius 2 is 2.40 bits per heavy atom. The number of aliphatic hydroxyl groups is 1. The summed E-state index contributed by atoms with van der Waals surface area (Å²) < 4.78 is 0. The third kappa shape index (κ3) is 4.51. The number of nitrogens with zero attached hydrogens (tertiary/aromatic N) is 1. The van der Waals surface area contributed by atoms with E-state index in [0.717, 1.165) is 36.5 Å². The minimum Gasteiger partial charge on any atom is -0.396 e. The van der Waals surface area contributed by atoms with Gasteiger partial charge in [-0.05, 0) is 49.8 Å². The van der Waals surface area contributed by atoms with E-state index in [1.807, 2.05) is 30.5 Å². The van der Waals surface area contributed by atoms with Crippen molar-refractivity contribution in [1.82, 2.24) is 4.90 Å². The third-order valence-corrected chi connectivity index (χ3v) is 4.31. The molecule has 1 saturated heterocycles. The molecule has 1 aromatic carbocycles. The summed E-state index contributed by atoms with van der Waals surface area (Å²) >= 11 is 1.66. The fourth-order valence-corrected chi connectivity index (χ4v) is 3.01. The number of hydrogen-bond acceptors (Lipinski definition) is 4. The van der Waals surface area contributed by atoms with Gasteiger partial charge in [0.05, 0.1) is 6.54 Å². The molecule has 1 aliphatic heterocycles. The van der Waals surface area contributed by atoms with E-state index in [1.165, 1.54) is 0 Å². The first kappa shape index (κ1) is 15.4. The number of thioether (sulfide) groups is 1. The highest BCUT2D eigenvalue weighted by molar-refractivity contribution is 7.98. The molecule has 5 heteroatoms. The summed E-state index contributed by atoms with van der Waals surface area (Å²) in [5.41, 5.74) is 0.845. The smallest absolute Gasteiger partial charge is 0.238 e. The van der Waals surface area contributed by atoms with Gasteiger partial charge in [0.2, 0.25) is 5.91 Å². The number of anilines is 1. The lowest BCUT2D eigenvalue weighted by molar-refractivity contribution is -0.117. The molecule has 0 bridgehead atoms. The average molecular weight is 294 g/mol. The van der Waals surface area contributed by atoms with Crippen molar-refractivity contribution < 1.29 is 9.90 Å². The standard InChI is InChI=1S/C15H22N2O2S/c1-20-14-6-2-5-13(8-14)16-15(19)10-17-7-3-4-12(9-17)11-18/h2,5-6,8,12,18H,3-4,7,9-11H2,1H3,(H,16,19). The second kappa shape index (κ2) is 7.67. The molecule has 0 aliphatic carbocycles. The Bertz CT molecular complexity index is 453. The first-order chi connectivity index (χ1) is 9.71.